The summed E-state index contributed by atoms with van der Waals surface area (Å²) in [5, 5.41) is 2.81. The summed E-state index contributed by atoms with van der Waals surface area (Å²) in [6.07, 6.45) is 3.97. The molecule has 32 heavy (non-hydrogen) atoms. The summed E-state index contributed by atoms with van der Waals surface area (Å²) in [5.41, 5.74) is 1.22. The summed E-state index contributed by atoms with van der Waals surface area (Å²) in [6.45, 7) is 1.20. The predicted molar refractivity (Wildman–Crippen MR) is 118 cm³/mol. The van der Waals surface area contributed by atoms with Crippen molar-refractivity contribution < 1.29 is 28.5 Å². The molecule has 0 saturated heterocycles. The van der Waals surface area contributed by atoms with Crippen molar-refractivity contribution >= 4 is 11.9 Å². The van der Waals surface area contributed by atoms with Crippen LogP contribution in [0, 0.1) is 0 Å². The average molecular weight is 440 g/mol. The number of ether oxygens (including phenoxy) is 4. The van der Waals surface area contributed by atoms with Crippen molar-refractivity contribution in [3.8, 4) is 17.2 Å². The van der Waals surface area contributed by atoms with Gasteiger partial charge >= 0.3 is 5.97 Å². The van der Waals surface area contributed by atoms with Crippen LogP contribution in [-0.4, -0.2) is 45.4 Å². The Balaban J connectivity index is 1.31. The lowest BCUT2D eigenvalue weighted by Crippen LogP contribution is -2.38. The number of methoxy groups -OCH3 is 1. The van der Waals surface area contributed by atoms with E-state index in [0.717, 1.165) is 29.7 Å². The molecule has 1 fully saturated rings. The molecule has 0 bridgehead atoms. The van der Waals surface area contributed by atoms with E-state index in [0.29, 0.717) is 50.5 Å². The van der Waals surface area contributed by atoms with Crippen molar-refractivity contribution in [2.24, 2.45) is 0 Å². The van der Waals surface area contributed by atoms with Crippen molar-refractivity contribution in [2.75, 3.05) is 33.5 Å². The Kier molecular flexibility index (Phi) is 6.83. The number of hydrogen-bond acceptors (Lipinski definition) is 6. The molecule has 1 N–H and O–H groups in total. The highest BCUT2D eigenvalue weighted by molar-refractivity contribution is 5.87. The fourth-order valence-electron chi connectivity index (χ4n) is 4.39. The van der Waals surface area contributed by atoms with E-state index in [1.807, 2.05) is 42.5 Å². The van der Waals surface area contributed by atoms with Gasteiger partial charge < -0.3 is 24.3 Å². The molecule has 1 amide bonds. The van der Waals surface area contributed by atoms with Crippen molar-refractivity contribution in [2.45, 2.75) is 37.5 Å². The topological polar surface area (TPSA) is 83.1 Å². The Morgan fingerprint density at radius 3 is 2.44 bits per heavy atom. The molecule has 0 unspecified atom stereocenters. The molecule has 170 valence electrons. The highest BCUT2D eigenvalue weighted by atomic mass is 16.6. The van der Waals surface area contributed by atoms with Crippen molar-refractivity contribution in [1.29, 1.82) is 0 Å². The van der Waals surface area contributed by atoms with Crippen LogP contribution < -0.4 is 19.5 Å². The zero-order chi connectivity index (χ0) is 22.4. The lowest BCUT2D eigenvalue weighted by Gasteiger charge is -2.28. The maximum atomic E-state index is 13.1. The number of hydrogen-bond donors (Lipinski definition) is 1. The Morgan fingerprint density at radius 1 is 1.00 bits per heavy atom. The minimum absolute atomic E-state index is 0.284. The van der Waals surface area contributed by atoms with E-state index < -0.39 is 5.41 Å². The van der Waals surface area contributed by atoms with Crippen LogP contribution in [0.1, 0.15) is 36.8 Å². The minimum atomic E-state index is -0.737. The number of fused-ring (bicyclic) bond motifs is 1. The number of carbonyl (C=O) groups excluding carboxylic acids is 2. The fraction of sp³-hybridized carbons (Fsp3) is 0.440. The van der Waals surface area contributed by atoms with Gasteiger partial charge in [0.05, 0.1) is 12.5 Å². The molecule has 1 heterocycles. The molecule has 7 heteroatoms. The normalized spacial score (nSPS) is 16.3. The van der Waals surface area contributed by atoms with Crippen LogP contribution in [0.3, 0.4) is 0 Å². The van der Waals surface area contributed by atoms with Crippen LogP contribution in [0.2, 0.25) is 0 Å². The van der Waals surface area contributed by atoms with Crippen molar-refractivity contribution in [1.82, 2.24) is 5.32 Å². The minimum Gasteiger partial charge on any atom is -0.497 e. The van der Waals surface area contributed by atoms with Gasteiger partial charge in [-0.05, 0) is 54.7 Å². The van der Waals surface area contributed by atoms with Gasteiger partial charge in [-0.2, -0.15) is 0 Å². The van der Waals surface area contributed by atoms with Gasteiger partial charge in [-0.3, -0.25) is 9.59 Å². The third-order valence-corrected chi connectivity index (χ3v) is 6.17. The van der Waals surface area contributed by atoms with E-state index in [2.05, 4.69) is 5.32 Å². The molecule has 0 atom stereocenters. The van der Waals surface area contributed by atoms with Crippen LogP contribution in [0.15, 0.2) is 42.5 Å². The molecule has 0 aromatic heterocycles. The van der Waals surface area contributed by atoms with E-state index in [1.165, 1.54) is 0 Å². The standard InChI is InChI=1S/C25H29NO6/c1-29-20-7-4-18(5-8-20)10-13-26-23(27)17-32-24(28)25(11-2-3-12-25)19-6-9-21-22(16-19)31-15-14-30-21/h4-9,16H,2-3,10-15,17H2,1H3,(H,26,27). The van der Waals surface area contributed by atoms with E-state index in [9.17, 15) is 9.59 Å². The van der Waals surface area contributed by atoms with Crippen LogP contribution in [0.5, 0.6) is 17.2 Å². The number of carbonyl (C=O) groups is 2. The molecule has 2 aliphatic rings. The first kappa shape index (κ1) is 22.0. The summed E-state index contributed by atoms with van der Waals surface area (Å²) in [6, 6.07) is 13.3. The second kappa shape index (κ2) is 9.94. The summed E-state index contributed by atoms with van der Waals surface area (Å²) in [5.74, 6) is 1.49. The van der Waals surface area contributed by atoms with Crippen LogP contribution in [0.25, 0.3) is 0 Å². The van der Waals surface area contributed by atoms with Gasteiger partial charge in [0, 0.05) is 6.54 Å². The molecule has 2 aromatic carbocycles. The van der Waals surface area contributed by atoms with Gasteiger partial charge in [-0.15, -0.1) is 0 Å². The van der Waals surface area contributed by atoms with E-state index in [4.69, 9.17) is 18.9 Å². The predicted octanol–water partition coefficient (Wildman–Crippen LogP) is 3.18. The highest BCUT2D eigenvalue weighted by Crippen LogP contribution is 2.45. The quantitative estimate of drug-likeness (QED) is 0.636. The van der Waals surface area contributed by atoms with Gasteiger partial charge in [-0.1, -0.05) is 31.0 Å². The number of esters is 1. The summed E-state index contributed by atoms with van der Waals surface area (Å²) >= 11 is 0. The molecule has 1 saturated carbocycles. The number of rotatable bonds is 8. The van der Waals surface area contributed by atoms with Gasteiger partial charge in [0.2, 0.25) is 0 Å². The van der Waals surface area contributed by atoms with Crippen molar-refractivity contribution in [3.63, 3.8) is 0 Å². The van der Waals surface area contributed by atoms with E-state index in [-0.39, 0.29) is 18.5 Å². The maximum Gasteiger partial charge on any atom is 0.317 e. The fourth-order valence-corrected chi connectivity index (χ4v) is 4.39. The Hall–Kier alpha value is -3.22. The van der Waals surface area contributed by atoms with Crippen LogP contribution in [0.4, 0.5) is 0 Å². The molecule has 7 nitrogen and oxygen atoms in total. The van der Waals surface area contributed by atoms with E-state index >= 15 is 0 Å². The Labute approximate surface area is 188 Å². The molecule has 4 rings (SSSR count). The SMILES string of the molecule is COc1ccc(CCNC(=O)COC(=O)C2(c3ccc4c(c3)OCCO4)CCCC2)cc1. The molecule has 0 spiro atoms. The zero-order valence-corrected chi connectivity index (χ0v) is 18.4. The second-order valence-corrected chi connectivity index (χ2v) is 8.17. The molecule has 1 aliphatic heterocycles. The second-order valence-electron chi connectivity index (χ2n) is 8.17. The van der Waals surface area contributed by atoms with Crippen LogP contribution >= 0.6 is 0 Å². The molecule has 1 aliphatic carbocycles. The highest BCUT2D eigenvalue weighted by Gasteiger charge is 2.45. The van der Waals surface area contributed by atoms with Gasteiger partial charge in [0.25, 0.3) is 5.91 Å². The first-order valence-corrected chi connectivity index (χ1v) is 11.1. The molecule has 0 radical (unpaired) electrons. The molecule has 2 aromatic rings. The van der Waals surface area contributed by atoms with Gasteiger partial charge in [-0.25, -0.2) is 0 Å². The molecular formula is C25H29NO6. The first-order chi connectivity index (χ1) is 15.6. The zero-order valence-electron chi connectivity index (χ0n) is 18.4. The van der Waals surface area contributed by atoms with E-state index in [1.54, 1.807) is 7.11 Å². The largest absolute Gasteiger partial charge is 0.497 e. The van der Waals surface area contributed by atoms with Gasteiger partial charge in [0.1, 0.15) is 19.0 Å². The maximum absolute atomic E-state index is 13.1. The third-order valence-electron chi connectivity index (χ3n) is 6.17. The first-order valence-electron chi connectivity index (χ1n) is 11.1. The Bertz CT molecular complexity index is 949. The number of benzene rings is 2. The smallest absolute Gasteiger partial charge is 0.317 e. The lowest BCUT2D eigenvalue weighted by molar-refractivity contribution is -0.154. The summed E-state index contributed by atoms with van der Waals surface area (Å²) < 4.78 is 21.9. The summed E-state index contributed by atoms with van der Waals surface area (Å²) in [4.78, 5) is 25.4. The Morgan fingerprint density at radius 2 is 1.72 bits per heavy atom. The molecular weight excluding hydrogens is 410 g/mol. The lowest BCUT2D eigenvalue weighted by atomic mass is 9.78. The number of nitrogens with one attached hydrogen (secondary N) is 1. The number of amides is 1. The monoisotopic (exact) mass is 439 g/mol. The average Bonchev–Trinajstić information content (AvgIpc) is 3.34. The van der Waals surface area contributed by atoms with Crippen molar-refractivity contribution in [3.05, 3.63) is 53.6 Å². The van der Waals surface area contributed by atoms with Crippen LogP contribution in [-0.2, 0) is 26.2 Å². The van der Waals surface area contributed by atoms with Gasteiger partial charge in [0.15, 0.2) is 18.1 Å². The third kappa shape index (κ3) is 4.82. The summed E-state index contributed by atoms with van der Waals surface area (Å²) in [7, 11) is 1.63.